The molecule has 8 heteroatoms. The summed E-state index contributed by atoms with van der Waals surface area (Å²) in [6.07, 6.45) is 2.04. The second kappa shape index (κ2) is 9.65. The molecule has 0 saturated heterocycles. The van der Waals surface area contributed by atoms with Gasteiger partial charge in [-0.05, 0) is 23.8 Å². The molecule has 0 aliphatic rings. The van der Waals surface area contributed by atoms with Crippen molar-refractivity contribution in [2.45, 2.75) is 17.2 Å². The average molecular weight is 450 g/mol. The molecule has 0 aliphatic heterocycles. The molecule has 1 amide bonds. The van der Waals surface area contributed by atoms with E-state index in [1.165, 1.54) is 24.3 Å². The van der Waals surface area contributed by atoms with E-state index in [0.717, 1.165) is 21.4 Å². The number of fused-ring (bicyclic) bond motifs is 1. The van der Waals surface area contributed by atoms with E-state index >= 15 is 0 Å². The van der Waals surface area contributed by atoms with E-state index in [2.05, 4.69) is 9.88 Å². The maximum atomic E-state index is 13.8. The van der Waals surface area contributed by atoms with Gasteiger partial charge in [-0.3, -0.25) is 14.9 Å². The number of rotatable bonds is 8. The van der Waals surface area contributed by atoms with Crippen LogP contribution in [0.1, 0.15) is 15.9 Å². The Kier molecular flexibility index (Phi) is 6.51. The first-order valence-electron chi connectivity index (χ1n) is 9.99. The normalized spacial score (nSPS) is 10.9. The Balaban J connectivity index is 1.43. The molecule has 4 aromatic rings. The lowest BCUT2D eigenvalue weighted by atomic mass is 10.2. The monoisotopic (exact) mass is 449 g/mol. The fourth-order valence-corrected chi connectivity index (χ4v) is 4.46. The van der Waals surface area contributed by atoms with Gasteiger partial charge < -0.3 is 9.88 Å². The number of nitrogens with one attached hydrogen (secondary N) is 1. The van der Waals surface area contributed by atoms with Crippen molar-refractivity contribution in [3.05, 3.63) is 106 Å². The van der Waals surface area contributed by atoms with Crippen LogP contribution in [-0.2, 0) is 12.3 Å². The van der Waals surface area contributed by atoms with Crippen molar-refractivity contribution >= 4 is 34.3 Å². The van der Waals surface area contributed by atoms with Crippen LogP contribution >= 0.6 is 11.8 Å². The zero-order valence-corrected chi connectivity index (χ0v) is 17.8. The molecule has 0 saturated carbocycles. The van der Waals surface area contributed by atoms with E-state index in [4.69, 9.17) is 0 Å². The van der Waals surface area contributed by atoms with Crippen LogP contribution in [0.15, 0.2) is 83.9 Å². The van der Waals surface area contributed by atoms with Crippen LogP contribution in [0.25, 0.3) is 10.9 Å². The van der Waals surface area contributed by atoms with Gasteiger partial charge in [-0.25, -0.2) is 4.39 Å². The number of nitrogens with zero attached hydrogens (tertiary/aromatic N) is 2. The number of carbonyl (C=O) groups is 1. The second-order valence-corrected chi connectivity index (χ2v) is 8.17. The van der Waals surface area contributed by atoms with Crippen molar-refractivity contribution in [1.29, 1.82) is 0 Å². The number of nitro groups is 1. The Morgan fingerprint density at radius 3 is 2.50 bits per heavy atom. The molecule has 1 heterocycles. The molecule has 0 atom stereocenters. The number of carbonyl (C=O) groups excluding carboxylic acids is 1. The summed E-state index contributed by atoms with van der Waals surface area (Å²) in [7, 11) is 0. The maximum Gasteiger partial charge on any atom is 0.269 e. The molecular formula is C24H20FN3O3S. The Bertz CT molecular complexity index is 1270. The van der Waals surface area contributed by atoms with Crippen molar-refractivity contribution < 1.29 is 14.1 Å². The summed E-state index contributed by atoms with van der Waals surface area (Å²) in [4.78, 5) is 23.7. The van der Waals surface area contributed by atoms with Gasteiger partial charge >= 0.3 is 0 Å². The zero-order chi connectivity index (χ0) is 22.5. The van der Waals surface area contributed by atoms with E-state index in [-0.39, 0.29) is 11.3 Å². The molecule has 0 spiro atoms. The van der Waals surface area contributed by atoms with E-state index in [1.54, 1.807) is 36.0 Å². The van der Waals surface area contributed by atoms with Crippen LogP contribution in [0.2, 0.25) is 0 Å². The molecule has 0 unspecified atom stereocenters. The first kappa shape index (κ1) is 21.6. The molecule has 4 rings (SSSR count). The first-order valence-corrected chi connectivity index (χ1v) is 11.0. The van der Waals surface area contributed by atoms with Crippen LogP contribution in [0.5, 0.6) is 0 Å². The van der Waals surface area contributed by atoms with Gasteiger partial charge in [-0.2, -0.15) is 0 Å². The van der Waals surface area contributed by atoms with E-state index in [9.17, 15) is 19.3 Å². The molecular weight excluding hydrogens is 429 g/mol. The number of hydrogen-bond acceptors (Lipinski definition) is 4. The second-order valence-electron chi connectivity index (χ2n) is 7.15. The molecule has 0 radical (unpaired) electrons. The minimum Gasteiger partial charge on any atom is -0.350 e. The standard InChI is InChI=1S/C24H20FN3O3S/c25-21-7-3-1-5-19(21)24(29)26-13-14-27-15-23(20-6-2-4-8-22(20)27)32-16-17-9-11-18(12-10-17)28(30)31/h1-12,15H,13-14,16H2,(H,26,29). The van der Waals surface area contributed by atoms with Crippen molar-refractivity contribution in [1.82, 2.24) is 9.88 Å². The highest BCUT2D eigenvalue weighted by atomic mass is 32.2. The van der Waals surface area contributed by atoms with E-state index in [1.807, 2.05) is 30.5 Å². The Hall–Kier alpha value is -3.65. The first-order chi connectivity index (χ1) is 15.5. The lowest BCUT2D eigenvalue weighted by Gasteiger charge is -2.08. The molecule has 0 fully saturated rings. The van der Waals surface area contributed by atoms with Gasteiger partial charge in [0.2, 0.25) is 0 Å². The number of amides is 1. The highest BCUT2D eigenvalue weighted by Gasteiger charge is 2.12. The number of para-hydroxylation sites is 1. The number of nitro benzene ring substituents is 1. The number of halogens is 1. The summed E-state index contributed by atoms with van der Waals surface area (Å²) in [6.45, 7) is 0.900. The van der Waals surface area contributed by atoms with Gasteiger partial charge in [0.1, 0.15) is 5.82 Å². The molecule has 1 N–H and O–H groups in total. The van der Waals surface area contributed by atoms with E-state index in [0.29, 0.717) is 18.8 Å². The van der Waals surface area contributed by atoms with Crippen LogP contribution in [0, 0.1) is 15.9 Å². The number of benzene rings is 3. The third-order valence-corrected chi connectivity index (χ3v) is 6.16. The molecule has 0 aliphatic carbocycles. The van der Waals surface area contributed by atoms with Crippen LogP contribution in [0.3, 0.4) is 0 Å². The van der Waals surface area contributed by atoms with Crippen LogP contribution in [0.4, 0.5) is 10.1 Å². The minimum absolute atomic E-state index is 0.0317. The highest BCUT2D eigenvalue weighted by molar-refractivity contribution is 7.98. The van der Waals surface area contributed by atoms with Gasteiger partial charge in [-0.15, -0.1) is 11.8 Å². The molecule has 0 bridgehead atoms. The summed E-state index contributed by atoms with van der Waals surface area (Å²) in [5.41, 5.74) is 2.14. The summed E-state index contributed by atoms with van der Waals surface area (Å²) in [5.74, 6) is -0.301. The Morgan fingerprint density at radius 1 is 1.03 bits per heavy atom. The number of hydrogen-bond donors (Lipinski definition) is 1. The SMILES string of the molecule is O=C(NCCn1cc(SCc2ccc([N+](=O)[O-])cc2)c2ccccc21)c1ccccc1F. The lowest BCUT2D eigenvalue weighted by Crippen LogP contribution is -2.27. The number of thioether (sulfide) groups is 1. The quantitative estimate of drug-likeness (QED) is 0.222. The average Bonchev–Trinajstić information content (AvgIpc) is 3.16. The van der Waals surface area contributed by atoms with E-state index < -0.39 is 16.6 Å². The van der Waals surface area contributed by atoms with Crippen molar-refractivity contribution in [3.63, 3.8) is 0 Å². The maximum absolute atomic E-state index is 13.8. The molecule has 1 aromatic heterocycles. The molecule has 6 nitrogen and oxygen atoms in total. The predicted octanol–water partition coefficient (Wildman–Crippen LogP) is 5.41. The summed E-state index contributed by atoms with van der Waals surface area (Å²) >= 11 is 1.65. The predicted molar refractivity (Wildman–Crippen MR) is 123 cm³/mol. The van der Waals surface area contributed by atoms with Gasteiger partial charge in [0.25, 0.3) is 11.6 Å². The van der Waals surface area contributed by atoms with Crippen LogP contribution in [-0.4, -0.2) is 21.9 Å². The zero-order valence-electron chi connectivity index (χ0n) is 17.0. The largest absolute Gasteiger partial charge is 0.350 e. The Labute approximate surface area is 188 Å². The summed E-state index contributed by atoms with van der Waals surface area (Å²) in [6, 6.07) is 20.5. The van der Waals surface area contributed by atoms with Crippen LogP contribution < -0.4 is 5.32 Å². The number of non-ortho nitro benzene ring substituents is 1. The Morgan fingerprint density at radius 2 is 1.75 bits per heavy atom. The van der Waals surface area contributed by atoms with Crippen molar-refractivity contribution in [3.8, 4) is 0 Å². The highest BCUT2D eigenvalue weighted by Crippen LogP contribution is 2.32. The lowest BCUT2D eigenvalue weighted by molar-refractivity contribution is -0.384. The molecule has 162 valence electrons. The van der Waals surface area contributed by atoms with Gasteiger partial charge in [-0.1, -0.05) is 42.5 Å². The van der Waals surface area contributed by atoms with Crippen molar-refractivity contribution in [2.24, 2.45) is 0 Å². The minimum atomic E-state index is -0.540. The third-order valence-electron chi connectivity index (χ3n) is 5.05. The fourth-order valence-electron chi connectivity index (χ4n) is 3.42. The smallest absolute Gasteiger partial charge is 0.269 e. The molecule has 3 aromatic carbocycles. The summed E-state index contributed by atoms with van der Waals surface area (Å²) in [5, 5.41) is 14.7. The van der Waals surface area contributed by atoms with Gasteiger partial charge in [0, 0.05) is 53.0 Å². The molecule has 32 heavy (non-hydrogen) atoms. The summed E-state index contributed by atoms with van der Waals surface area (Å²) < 4.78 is 15.9. The fraction of sp³-hybridized carbons (Fsp3) is 0.125. The van der Waals surface area contributed by atoms with Crippen molar-refractivity contribution in [2.75, 3.05) is 6.54 Å². The third kappa shape index (κ3) is 4.81. The topological polar surface area (TPSA) is 77.2 Å². The number of aromatic nitrogens is 1. The van der Waals surface area contributed by atoms with Gasteiger partial charge in [0.05, 0.1) is 10.5 Å². The van der Waals surface area contributed by atoms with Gasteiger partial charge in [0.15, 0.2) is 0 Å².